The van der Waals surface area contributed by atoms with E-state index in [4.69, 9.17) is 0 Å². The molecule has 0 atom stereocenters. The van der Waals surface area contributed by atoms with Gasteiger partial charge in [0, 0.05) is 44.5 Å². The van der Waals surface area contributed by atoms with Gasteiger partial charge in [0.25, 0.3) is 0 Å². The van der Waals surface area contributed by atoms with Gasteiger partial charge in [-0.1, -0.05) is 12.1 Å². The third-order valence-corrected chi connectivity index (χ3v) is 7.39. The lowest BCUT2D eigenvalue weighted by Gasteiger charge is -2.33. The number of hydrogen-bond donors (Lipinski definition) is 1. The number of carbonyl (C=O) groups excluding carboxylic acids is 2. The Hall–Kier alpha value is -2.85. The Morgan fingerprint density at radius 2 is 1.88 bits per heavy atom. The molecule has 0 unspecified atom stereocenters. The van der Waals surface area contributed by atoms with Gasteiger partial charge in [0.2, 0.25) is 21.8 Å². The highest BCUT2D eigenvalue weighted by molar-refractivity contribution is 7.89. The van der Waals surface area contributed by atoms with Crippen LogP contribution in [0.2, 0.25) is 0 Å². The van der Waals surface area contributed by atoms with E-state index in [2.05, 4.69) is 10.3 Å². The summed E-state index contributed by atoms with van der Waals surface area (Å²) in [6.45, 7) is 2.81. The van der Waals surface area contributed by atoms with E-state index in [-0.39, 0.29) is 54.6 Å². The predicted molar refractivity (Wildman–Crippen MR) is 116 cm³/mol. The van der Waals surface area contributed by atoms with Crippen molar-refractivity contribution >= 4 is 21.8 Å². The van der Waals surface area contributed by atoms with Gasteiger partial charge in [-0.15, -0.1) is 0 Å². The third kappa shape index (κ3) is 5.89. The van der Waals surface area contributed by atoms with Gasteiger partial charge in [-0.3, -0.25) is 14.6 Å². The van der Waals surface area contributed by atoms with Crippen molar-refractivity contribution in [1.82, 2.24) is 19.5 Å². The Morgan fingerprint density at radius 1 is 1.19 bits per heavy atom. The van der Waals surface area contributed by atoms with E-state index in [1.165, 1.54) is 39.8 Å². The molecule has 2 heterocycles. The zero-order chi connectivity index (χ0) is 23.1. The Kier molecular flexibility index (Phi) is 7.92. The molecule has 10 heteroatoms. The van der Waals surface area contributed by atoms with Crippen LogP contribution in [-0.2, 0) is 26.2 Å². The van der Waals surface area contributed by atoms with Crippen molar-refractivity contribution in [3.63, 3.8) is 0 Å². The van der Waals surface area contributed by atoms with Crippen molar-refractivity contribution in [3.05, 3.63) is 60.2 Å². The fraction of sp³-hybridized carbons (Fsp3) is 0.409. The van der Waals surface area contributed by atoms with Gasteiger partial charge in [0.05, 0.1) is 6.54 Å². The fourth-order valence-electron chi connectivity index (χ4n) is 3.63. The number of pyridine rings is 1. The standard InChI is InChI=1S/C22H27FN4O4S/c1-2-26(16-21(28)25-14-17-5-7-19(23)8-6-17)22(29)18-9-12-27(13-10-18)32(30,31)20-4-3-11-24-15-20/h3-8,11,15,18H,2,9-10,12-14,16H2,1H3,(H,25,28). The highest BCUT2D eigenvalue weighted by Gasteiger charge is 2.34. The summed E-state index contributed by atoms with van der Waals surface area (Å²) >= 11 is 0. The first-order chi connectivity index (χ1) is 15.3. The first-order valence-corrected chi connectivity index (χ1v) is 12.0. The number of rotatable bonds is 8. The molecule has 3 rings (SSSR count). The number of sulfonamides is 1. The fourth-order valence-corrected chi connectivity index (χ4v) is 5.06. The van der Waals surface area contributed by atoms with Crippen molar-refractivity contribution in [2.24, 2.45) is 5.92 Å². The van der Waals surface area contributed by atoms with Crippen LogP contribution in [0.25, 0.3) is 0 Å². The molecule has 1 aromatic carbocycles. The molecule has 0 bridgehead atoms. The Morgan fingerprint density at radius 3 is 2.47 bits per heavy atom. The second kappa shape index (κ2) is 10.6. The summed E-state index contributed by atoms with van der Waals surface area (Å²) in [6, 6.07) is 8.90. The normalized spacial score (nSPS) is 15.3. The maximum Gasteiger partial charge on any atom is 0.244 e. The molecule has 172 valence electrons. The molecule has 1 aliphatic rings. The minimum absolute atomic E-state index is 0.0786. The van der Waals surface area contributed by atoms with E-state index in [0.29, 0.717) is 19.4 Å². The second-order valence-electron chi connectivity index (χ2n) is 7.62. The van der Waals surface area contributed by atoms with E-state index in [9.17, 15) is 22.4 Å². The van der Waals surface area contributed by atoms with Crippen molar-refractivity contribution in [1.29, 1.82) is 0 Å². The lowest BCUT2D eigenvalue weighted by molar-refractivity contribution is -0.140. The van der Waals surface area contributed by atoms with Gasteiger partial charge in [0.15, 0.2) is 0 Å². The van der Waals surface area contributed by atoms with Gasteiger partial charge < -0.3 is 10.2 Å². The van der Waals surface area contributed by atoms with Gasteiger partial charge in [-0.2, -0.15) is 4.31 Å². The number of nitrogens with one attached hydrogen (secondary N) is 1. The van der Waals surface area contributed by atoms with Crippen LogP contribution in [-0.4, -0.2) is 60.6 Å². The highest BCUT2D eigenvalue weighted by Crippen LogP contribution is 2.24. The Labute approximate surface area is 187 Å². The van der Waals surface area contributed by atoms with Crippen LogP contribution >= 0.6 is 0 Å². The van der Waals surface area contributed by atoms with Crippen molar-refractivity contribution in [2.45, 2.75) is 31.2 Å². The van der Waals surface area contributed by atoms with Gasteiger partial charge in [-0.25, -0.2) is 12.8 Å². The topological polar surface area (TPSA) is 99.7 Å². The zero-order valence-corrected chi connectivity index (χ0v) is 18.7. The molecule has 0 aliphatic carbocycles. The minimum atomic E-state index is -3.63. The number of hydrogen-bond acceptors (Lipinski definition) is 5. The summed E-state index contributed by atoms with van der Waals surface area (Å²) in [6.07, 6.45) is 3.62. The van der Waals surface area contributed by atoms with E-state index >= 15 is 0 Å². The van der Waals surface area contributed by atoms with E-state index in [1.54, 1.807) is 25.1 Å². The summed E-state index contributed by atoms with van der Waals surface area (Å²) in [7, 11) is -3.63. The second-order valence-corrected chi connectivity index (χ2v) is 9.56. The maximum atomic E-state index is 13.0. The SMILES string of the molecule is CCN(CC(=O)NCc1ccc(F)cc1)C(=O)C1CCN(S(=O)(=O)c2cccnc2)CC1. The smallest absolute Gasteiger partial charge is 0.244 e. The van der Waals surface area contributed by atoms with E-state index < -0.39 is 10.0 Å². The number of halogens is 1. The third-order valence-electron chi connectivity index (χ3n) is 5.51. The van der Waals surface area contributed by atoms with E-state index in [1.807, 2.05) is 0 Å². The Bertz CT molecular complexity index is 1020. The first-order valence-electron chi connectivity index (χ1n) is 10.5. The molecule has 0 saturated carbocycles. The molecule has 0 radical (unpaired) electrons. The Balaban J connectivity index is 1.51. The van der Waals surface area contributed by atoms with Crippen molar-refractivity contribution in [2.75, 3.05) is 26.2 Å². The van der Waals surface area contributed by atoms with Gasteiger partial charge in [-0.05, 0) is 49.6 Å². The lowest BCUT2D eigenvalue weighted by atomic mass is 9.96. The van der Waals surface area contributed by atoms with Crippen molar-refractivity contribution in [3.8, 4) is 0 Å². The lowest BCUT2D eigenvalue weighted by Crippen LogP contribution is -2.47. The summed E-state index contributed by atoms with van der Waals surface area (Å²) in [4.78, 5) is 30.7. The highest BCUT2D eigenvalue weighted by atomic mass is 32.2. The number of aromatic nitrogens is 1. The van der Waals surface area contributed by atoms with Crippen LogP contribution in [0.4, 0.5) is 4.39 Å². The van der Waals surface area contributed by atoms with Crippen LogP contribution in [0, 0.1) is 11.7 Å². The molecular weight excluding hydrogens is 435 g/mol. The van der Waals surface area contributed by atoms with Gasteiger partial charge in [0.1, 0.15) is 10.7 Å². The van der Waals surface area contributed by atoms with Crippen molar-refractivity contribution < 1.29 is 22.4 Å². The molecule has 8 nitrogen and oxygen atoms in total. The van der Waals surface area contributed by atoms with Crippen LogP contribution < -0.4 is 5.32 Å². The number of carbonyl (C=O) groups is 2. The zero-order valence-electron chi connectivity index (χ0n) is 17.9. The quantitative estimate of drug-likeness (QED) is 0.645. The summed E-state index contributed by atoms with van der Waals surface area (Å²) in [5.41, 5.74) is 0.760. The number of benzene rings is 1. The van der Waals surface area contributed by atoms with Crippen LogP contribution in [0.5, 0.6) is 0 Å². The molecule has 1 N–H and O–H groups in total. The monoisotopic (exact) mass is 462 g/mol. The van der Waals surface area contributed by atoms with Crippen LogP contribution in [0.1, 0.15) is 25.3 Å². The molecular formula is C22H27FN4O4S. The molecule has 2 amide bonds. The first kappa shape index (κ1) is 23.8. The number of amides is 2. The molecule has 2 aromatic rings. The number of nitrogens with zero attached hydrogens (tertiary/aromatic N) is 3. The van der Waals surface area contributed by atoms with Gasteiger partial charge >= 0.3 is 0 Å². The number of likely N-dealkylation sites (N-methyl/N-ethyl adjacent to an activating group) is 1. The molecule has 0 spiro atoms. The average Bonchev–Trinajstić information content (AvgIpc) is 2.82. The maximum absolute atomic E-state index is 13.0. The average molecular weight is 463 g/mol. The molecule has 32 heavy (non-hydrogen) atoms. The summed E-state index contributed by atoms with van der Waals surface area (Å²) in [5, 5.41) is 2.74. The molecule has 1 aliphatic heterocycles. The largest absolute Gasteiger partial charge is 0.350 e. The molecule has 1 fully saturated rings. The molecule has 1 aromatic heterocycles. The predicted octanol–water partition coefficient (Wildman–Crippen LogP) is 1.79. The van der Waals surface area contributed by atoms with Crippen LogP contribution in [0.3, 0.4) is 0 Å². The van der Waals surface area contributed by atoms with Crippen LogP contribution in [0.15, 0.2) is 53.7 Å². The van der Waals surface area contributed by atoms with E-state index in [0.717, 1.165) is 5.56 Å². The molecule has 1 saturated heterocycles. The minimum Gasteiger partial charge on any atom is -0.350 e. The number of piperidine rings is 1. The summed E-state index contributed by atoms with van der Waals surface area (Å²) in [5.74, 6) is -1.13. The summed E-state index contributed by atoms with van der Waals surface area (Å²) < 4.78 is 39.8.